The normalized spacial score (nSPS) is 20.3. The van der Waals surface area contributed by atoms with Crippen molar-refractivity contribution in [2.24, 2.45) is 0 Å². The van der Waals surface area contributed by atoms with Crippen molar-refractivity contribution in [1.82, 2.24) is 4.90 Å². The van der Waals surface area contributed by atoms with E-state index in [9.17, 15) is 27.5 Å². The van der Waals surface area contributed by atoms with Gasteiger partial charge in [0.1, 0.15) is 6.10 Å². The van der Waals surface area contributed by atoms with E-state index in [-0.39, 0.29) is 18.7 Å². The molecule has 0 radical (unpaired) electrons. The minimum atomic E-state index is -5.50. The number of carbonyl (C=O) groups excluding carboxylic acids is 1. The van der Waals surface area contributed by atoms with E-state index in [4.69, 9.17) is 0 Å². The van der Waals surface area contributed by atoms with Crippen LogP contribution in [0.2, 0.25) is 0 Å². The van der Waals surface area contributed by atoms with E-state index in [1.165, 1.54) is 18.2 Å². The molecule has 1 aromatic rings. The predicted molar refractivity (Wildman–Crippen MR) is 71.7 cm³/mol. The van der Waals surface area contributed by atoms with E-state index in [0.717, 1.165) is 23.5 Å². The van der Waals surface area contributed by atoms with Crippen LogP contribution in [0.15, 0.2) is 30.3 Å². The lowest BCUT2D eigenvalue weighted by atomic mass is 9.90. The van der Waals surface area contributed by atoms with Crippen LogP contribution in [0.3, 0.4) is 0 Å². The Kier molecular flexibility index (Phi) is 4.75. The molecule has 0 spiro atoms. The van der Waals surface area contributed by atoms with Crippen molar-refractivity contribution >= 4 is 5.91 Å². The fraction of sp³-hybridized carbons (Fsp3) is 0.533. The van der Waals surface area contributed by atoms with Crippen molar-refractivity contribution in [3.8, 4) is 0 Å². The van der Waals surface area contributed by atoms with Gasteiger partial charge in [-0.25, -0.2) is 4.39 Å². The molecule has 0 bridgehead atoms. The molecule has 1 aliphatic heterocycles. The van der Waals surface area contributed by atoms with Gasteiger partial charge in [0.2, 0.25) is 0 Å². The zero-order chi connectivity index (χ0) is 16.4. The number of halogens is 4. The summed E-state index contributed by atoms with van der Waals surface area (Å²) in [6.07, 6.45) is -6.25. The van der Waals surface area contributed by atoms with E-state index in [0.29, 0.717) is 12.8 Å². The molecule has 3 nitrogen and oxygen atoms in total. The standard InChI is InChI=1S/C15H17F4NO2/c16-14(15(17,18)19,12(21)11-7-3-1-4-8-11)13(22)20-9-5-2-6-10-20/h1,3-4,7-8,12,21H,2,5-6,9-10H2/t12-,14+/m0/s1. The van der Waals surface area contributed by atoms with Gasteiger partial charge < -0.3 is 10.0 Å². The second-order valence-corrected chi connectivity index (χ2v) is 5.38. The highest BCUT2D eigenvalue weighted by molar-refractivity contribution is 5.87. The SMILES string of the molecule is O=C(N1CCCCC1)[C@](F)([C@@H](O)c1ccccc1)C(F)(F)F. The highest BCUT2D eigenvalue weighted by Gasteiger charge is 2.67. The molecule has 0 aromatic heterocycles. The zero-order valence-electron chi connectivity index (χ0n) is 11.8. The van der Waals surface area contributed by atoms with Gasteiger partial charge in [-0.15, -0.1) is 0 Å². The van der Waals surface area contributed by atoms with Crippen molar-refractivity contribution in [2.45, 2.75) is 37.2 Å². The third-order valence-electron chi connectivity index (χ3n) is 3.86. The summed E-state index contributed by atoms with van der Waals surface area (Å²) in [5.41, 5.74) is -4.63. The van der Waals surface area contributed by atoms with Crippen molar-refractivity contribution in [1.29, 1.82) is 0 Å². The number of piperidine rings is 1. The molecule has 1 N–H and O–H groups in total. The number of likely N-dealkylation sites (tertiary alicyclic amines) is 1. The molecule has 1 aliphatic rings. The smallest absolute Gasteiger partial charge is 0.384 e. The number of benzene rings is 1. The number of aliphatic hydroxyl groups excluding tert-OH is 1. The number of rotatable bonds is 3. The van der Waals surface area contributed by atoms with Crippen LogP contribution in [0.5, 0.6) is 0 Å². The average molecular weight is 319 g/mol. The number of amides is 1. The second-order valence-electron chi connectivity index (χ2n) is 5.38. The first-order valence-corrected chi connectivity index (χ1v) is 7.06. The number of nitrogens with zero attached hydrogens (tertiary/aromatic N) is 1. The lowest BCUT2D eigenvalue weighted by molar-refractivity contribution is -0.258. The first kappa shape index (κ1) is 16.7. The molecule has 1 saturated heterocycles. The van der Waals surface area contributed by atoms with Gasteiger partial charge in [0.15, 0.2) is 0 Å². The Balaban J connectivity index is 2.37. The highest BCUT2D eigenvalue weighted by atomic mass is 19.4. The molecule has 22 heavy (non-hydrogen) atoms. The van der Waals surface area contributed by atoms with Crippen molar-refractivity contribution in [3.63, 3.8) is 0 Å². The molecular weight excluding hydrogens is 302 g/mol. The van der Waals surface area contributed by atoms with Crippen LogP contribution in [0.1, 0.15) is 30.9 Å². The van der Waals surface area contributed by atoms with Crippen LogP contribution in [-0.4, -0.2) is 40.8 Å². The second kappa shape index (κ2) is 6.24. The number of carbonyl (C=O) groups is 1. The predicted octanol–water partition coefficient (Wildman–Crippen LogP) is 3.00. The Hall–Kier alpha value is -1.63. The van der Waals surface area contributed by atoms with Crippen molar-refractivity contribution in [3.05, 3.63) is 35.9 Å². The quantitative estimate of drug-likeness (QED) is 0.870. The van der Waals surface area contributed by atoms with Crippen LogP contribution < -0.4 is 0 Å². The van der Waals surface area contributed by atoms with Gasteiger partial charge in [0.05, 0.1) is 0 Å². The molecule has 0 aliphatic carbocycles. The van der Waals surface area contributed by atoms with Crippen molar-refractivity contribution in [2.75, 3.05) is 13.1 Å². The molecule has 0 saturated carbocycles. The van der Waals surface area contributed by atoms with E-state index >= 15 is 0 Å². The summed E-state index contributed by atoms with van der Waals surface area (Å²) >= 11 is 0. The van der Waals surface area contributed by atoms with E-state index < -0.39 is 23.9 Å². The molecule has 7 heteroatoms. The number of alkyl halides is 4. The fourth-order valence-electron chi connectivity index (χ4n) is 2.59. The summed E-state index contributed by atoms with van der Waals surface area (Å²) in [6, 6.07) is 6.60. The van der Waals surface area contributed by atoms with Crippen LogP contribution in [0.25, 0.3) is 0 Å². The highest BCUT2D eigenvalue weighted by Crippen LogP contribution is 2.45. The maximum absolute atomic E-state index is 14.8. The molecule has 122 valence electrons. The van der Waals surface area contributed by atoms with Gasteiger partial charge in [-0.3, -0.25) is 4.79 Å². The summed E-state index contributed by atoms with van der Waals surface area (Å²) in [5.74, 6) is -1.71. The number of aliphatic hydroxyl groups is 1. The van der Waals surface area contributed by atoms with Gasteiger partial charge in [-0.1, -0.05) is 30.3 Å². The molecule has 1 amide bonds. The molecule has 2 rings (SSSR count). The molecule has 1 heterocycles. The Morgan fingerprint density at radius 2 is 1.59 bits per heavy atom. The summed E-state index contributed by atoms with van der Waals surface area (Å²) in [5, 5.41) is 9.93. The molecule has 1 aromatic carbocycles. The number of hydrogen-bond donors (Lipinski definition) is 1. The lowest BCUT2D eigenvalue weighted by Gasteiger charge is -2.37. The minimum Gasteiger partial charge on any atom is -0.384 e. The van der Waals surface area contributed by atoms with Crippen LogP contribution >= 0.6 is 0 Å². The van der Waals surface area contributed by atoms with Gasteiger partial charge in [0, 0.05) is 13.1 Å². The topological polar surface area (TPSA) is 40.5 Å². The molecular formula is C15H17F4NO2. The summed E-state index contributed by atoms with van der Waals surface area (Å²) in [6.45, 7) is 0.143. The Labute approximate surface area is 125 Å². The monoisotopic (exact) mass is 319 g/mol. The van der Waals surface area contributed by atoms with E-state index in [2.05, 4.69) is 0 Å². The lowest BCUT2D eigenvalue weighted by Crippen LogP contribution is -2.59. The first-order chi connectivity index (χ1) is 10.3. The Morgan fingerprint density at radius 3 is 2.09 bits per heavy atom. The van der Waals surface area contributed by atoms with Gasteiger partial charge >= 0.3 is 11.8 Å². The van der Waals surface area contributed by atoms with E-state index in [1.807, 2.05) is 0 Å². The van der Waals surface area contributed by atoms with Crippen molar-refractivity contribution < 1.29 is 27.5 Å². The summed E-state index contributed by atoms with van der Waals surface area (Å²) in [7, 11) is 0. The Morgan fingerprint density at radius 1 is 1.05 bits per heavy atom. The third kappa shape index (κ3) is 2.95. The van der Waals surface area contributed by atoms with Gasteiger partial charge in [-0.05, 0) is 24.8 Å². The maximum atomic E-state index is 14.8. The fourth-order valence-corrected chi connectivity index (χ4v) is 2.59. The summed E-state index contributed by atoms with van der Waals surface area (Å²) in [4.78, 5) is 13.0. The van der Waals surface area contributed by atoms with Crippen LogP contribution in [0, 0.1) is 0 Å². The summed E-state index contributed by atoms with van der Waals surface area (Å²) < 4.78 is 54.6. The van der Waals surface area contributed by atoms with Gasteiger partial charge in [0.25, 0.3) is 5.91 Å². The zero-order valence-corrected chi connectivity index (χ0v) is 11.8. The average Bonchev–Trinajstić information content (AvgIpc) is 2.53. The van der Waals surface area contributed by atoms with Crippen LogP contribution in [0.4, 0.5) is 17.6 Å². The van der Waals surface area contributed by atoms with Gasteiger partial charge in [-0.2, -0.15) is 13.2 Å². The first-order valence-electron chi connectivity index (χ1n) is 7.06. The van der Waals surface area contributed by atoms with Crippen LogP contribution in [-0.2, 0) is 4.79 Å². The number of hydrogen-bond acceptors (Lipinski definition) is 2. The third-order valence-corrected chi connectivity index (χ3v) is 3.86. The molecule has 2 atom stereocenters. The minimum absolute atomic E-state index is 0.0715. The molecule has 1 fully saturated rings. The van der Waals surface area contributed by atoms with E-state index in [1.54, 1.807) is 0 Å². The largest absolute Gasteiger partial charge is 0.434 e. The Bertz CT molecular complexity index is 514. The molecule has 0 unspecified atom stereocenters. The maximum Gasteiger partial charge on any atom is 0.434 e.